The van der Waals surface area contributed by atoms with E-state index in [-0.39, 0.29) is 0 Å². The Kier molecular flexibility index (Phi) is 8.80. The van der Waals surface area contributed by atoms with Gasteiger partial charge in [-0.2, -0.15) is 5.26 Å². The van der Waals surface area contributed by atoms with Gasteiger partial charge in [0, 0.05) is 6.08 Å². The van der Waals surface area contributed by atoms with Crippen LogP contribution in [0.1, 0.15) is 96.8 Å². The van der Waals surface area contributed by atoms with Crippen molar-refractivity contribution >= 4 is 0 Å². The molecule has 2 fully saturated rings. The summed E-state index contributed by atoms with van der Waals surface area (Å²) < 4.78 is 0. The number of rotatable bonds is 8. The maximum absolute atomic E-state index is 8.64. The van der Waals surface area contributed by atoms with E-state index in [9.17, 15) is 0 Å². The third kappa shape index (κ3) is 6.70. The highest BCUT2D eigenvalue weighted by Crippen LogP contribution is 2.42. The fourth-order valence-corrected chi connectivity index (χ4v) is 4.97. The zero-order chi connectivity index (χ0) is 16.3. The van der Waals surface area contributed by atoms with Crippen LogP contribution in [-0.2, 0) is 0 Å². The monoisotopic (exact) mass is 315 g/mol. The fraction of sp³-hybridized carbons (Fsp3) is 0.864. The Morgan fingerprint density at radius 1 is 0.826 bits per heavy atom. The van der Waals surface area contributed by atoms with E-state index in [1.54, 1.807) is 6.08 Å². The molecule has 23 heavy (non-hydrogen) atoms. The van der Waals surface area contributed by atoms with E-state index >= 15 is 0 Å². The van der Waals surface area contributed by atoms with Crippen LogP contribution in [0, 0.1) is 35.0 Å². The van der Waals surface area contributed by atoms with E-state index in [4.69, 9.17) is 5.26 Å². The van der Waals surface area contributed by atoms with Crippen molar-refractivity contribution in [2.24, 2.45) is 23.7 Å². The Morgan fingerprint density at radius 3 is 2.04 bits per heavy atom. The molecular formula is C22H37N. The highest BCUT2D eigenvalue weighted by molar-refractivity contribution is 5.04. The molecule has 0 atom stereocenters. The van der Waals surface area contributed by atoms with E-state index in [2.05, 4.69) is 19.1 Å². The topological polar surface area (TPSA) is 23.8 Å². The average molecular weight is 316 g/mol. The molecule has 2 aliphatic carbocycles. The maximum atomic E-state index is 8.64. The van der Waals surface area contributed by atoms with Gasteiger partial charge in [0.15, 0.2) is 0 Å². The first-order valence-electron chi connectivity index (χ1n) is 10.4. The van der Waals surface area contributed by atoms with Crippen LogP contribution in [0.3, 0.4) is 0 Å². The smallest absolute Gasteiger partial charge is 0.0908 e. The summed E-state index contributed by atoms with van der Waals surface area (Å²) in [6, 6.07) is 2.14. The summed E-state index contributed by atoms with van der Waals surface area (Å²) >= 11 is 0. The van der Waals surface area contributed by atoms with E-state index in [1.807, 2.05) is 0 Å². The zero-order valence-corrected chi connectivity index (χ0v) is 15.3. The lowest BCUT2D eigenvalue weighted by Gasteiger charge is -2.37. The van der Waals surface area contributed by atoms with Crippen LogP contribution >= 0.6 is 0 Å². The summed E-state index contributed by atoms with van der Waals surface area (Å²) in [6.45, 7) is 2.30. The number of allylic oxidation sites excluding steroid dienone is 2. The van der Waals surface area contributed by atoms with Gasteiger partial charge in [-0.1, -0.05) is 64.4 Å². The Morgan fingerprint density at radius 2 is 1.43 bits per heavy atom. The second-order valence-electron chi connectivity index (χ2n) is 8.15. The molecule has 0 amide bonds. The minimum atomic E-state index is 0.686. The SMILES string of the molecule is CCCCCCC[C@H]1CC[C@H](C2CCC(C=CC#N)CC2)CC1. The van der Waals surface area contributed by atoms with Crippen LogP contribution in [0.4, 0.5) is 0 Å². The lowest BCUT2D eigenvalue weighted by atomic mass is 9.68. The maximum Gasteiger partial charge on any atom is 0.0908 e. The predicted octanol–water partition coefficient (Wildman–Crippen LogP) is 7.04. The standard InChI is InChI=1S/C22H37N/c1-2-3-4-5-6-8-19-10-14-21(15-11-19)22-16-12-20(13-17-22)9-7-18-23/h7,9,19-22H,2-6,8,10-17H2,1H3/t19-,20?,21-,22?. The normalized spacial score (nSPS) is 32.0. The molecule has 0 aromatic rings. The van der Waals surface area contributed by atoms with Gasteiger partial charge in [0.25, 0.3) is 0 Å². The van der Waals surface area contributed by atoms with Gasteiger partial charge in [-0.25, -0.2) is 0 Å². The molecule has 0 aliphatic heterocycles. The second-order valence-corrected chi connectivity index (χ2v) is 8.15. The van der Waals surface area contributed by atoms with Crippen molar-refractivity contribution in [3.63, 3.8) is 0 Å². The first kappa shape index (κ1) is 18.6. The molecule has 0 heterocycles. The quantitative estimate of drug-likeness (QED) is 0.348. The molecule has 1 heteroatoms. The minimum absolute atomic E-state index is 0.686. The fourth-order valence-electron chi connectivity index (χ4n) is 4.97. The summed E-state index contributed by atoms with van der Waals surface area (Å²) in [5, 5.41) is 8.64. The first-order chi connectivity index (χ1) is 11.3. The van der Waals surface area contributed by atoms with Crippen molar-refractivity contribution in [3.8, 4) is 6.07 Å². The van der Waals surface area contributed by atoms with Crippen LogP contribution in [0.15, 0.2) is 12.2 Å². The lowest BCUT2D eigenvalue weighted by molar-refractivity contribution is 0.151. The second kappa shape index (κ2) is 10.9. The van der Waals surface area contributed by atoms with Crippen LogP contribution < -0.4 is 0 Å². The highest BCUT2D eigenvalue weighted by Gasteiger charge is 2.30. The number of hydrogen-bond donors (Lipinski definition) is 0. The molecule has 1 nitrogen and oxygen atoms in total. The van der Waals surface area contributed by atoms with E-state index in [0.717, 1.165) is 17.8 Å². The van der Waals surface area contributed by atoms with Gasteiger partial charge >= 0.3 is 0 Å². The molecule has 0 spiro atoms. The number of nitrogens with zero attached hydrogens (tertiary/aromatic N) is 1. The summed E-state index contributed by atoms with van der Waals surface area (Å²) in [5.41, 5.74) is 0. The van der Waals surface area contributed by atoms with Crippen LogP contribution in [-0.4, -0.2) is 0 Å². The molecular weight excluding hydrogens is 278 g/mol. The number of hydrogen-bond acceptors (Lipinski definition) is 1. The Hall–Kier alpha value is -0.770. The Labute approximate surface area is 144 Å². The van der Waals surface area contributed by atoms with Gasteiger partial charge < -0.3 is 0 Å². The summed E-state index contributed by atoms with van der Waals surface area (Å²) in [6.07, 6.45) is 24.0. The Bertz CT molecular complexity index is 362. The first-order valence-corrected chi connectivity index (χ1v) is 10.4. The Balaban J connectivity index is 1.58. The van der Waals surface area contributed by atoms with Crippen molar-refractivity contribution in [2.45, 2.75) is 96.8 Å². The van der Waals surface area contributed by atoms with Crippen LogP contribution in [0.5, 0.6) is 0 Å². The third-order valence-corrected chi connectivity index (χ3v) is 6.53. The van der Waals surface area contributed by atoms with Crippen molar-refractivity contribution in [1.82, 2.24) is 0 Å². The van der Waals surface area contributed by atoms with Gasteiger partial charge in [-0.05, 0) is 62.2 Å². The summed E-state index contributed by atoms with van der Waals surface area (Å²) in [4.78, 5) is 0. The van der Waals surface area contributed by atoms with E-state index in [1.165, 1.54) is 89.9 Å². The van der Waals surface area contributed by atoms with Crippen molar-refractivity contribution < 1.29 is 0 Å². The molecule has 0 unspecified atom stereocenters. The number of unbranched alkanes of at least 4 members (excludes halogenated alkanes) is 4. The third-order valence-electron chi connectivity index (χ3n) is 6.53. The van der Waals surface area contributed by atoms with Gasteiger partial charge in [0.2, 0.25) is 0 Å². The molecule has 130 valence electrons. The van der Waals surface area contributed by atoms with Crippen molar-refractivity contribution in [2.75, 3.05) is 0 Å². The molecule has 2 aliphatic rings. The van der Waals surface area contributed by atoms with Crippen LogP contribution in [0.2, 0.25) is 0 Å². The van der Waals surface area contributed by atoms with Gasteiger partial charge in [-0.3, -0.25) is 0 Å². The van der Waals surface area contributed by atoms with E-state index in [0.29, 0.717) is 5.92 Å². The zero-order valence-electron chi connectivity index (χ0n) is 15.3. The van der Waals surface area contributed by atoms with Gasteiger partial charge in [-0.15, -0.1) is 0 Å². The molecule has 0 bridgehead atoms. The predicted molar refractivity (Wildman–Crippen MR) is 99.0 cm³/mol. The van der Waals surface area contributed by atoms with Crippen molar-refractivity contribution in [1.29, 1.82) is 5.26 Å². The molecule has 2 saturated carbocycles. The minimum Gasteiger partial charge on any atom is -0.193 e. The van der Waals surface area contributed by atoms with Gasteiger partial charge in [0.05, 0.1) is 6.07 Å². The van der Waals surface area contributed by atoms with Crippen LogP contribution in [0.25, 0.3) is 0 Å². The van der Waals surface area contributed by atoms with Gasteiger partial charge in [0.1, 0.15) is 0 Å². The van der Waals surface area contributed by atoms with Crippen molar-refractivity contribution in [3.05, 3.63) is 12.2 Å². The average Bonchev–Trinajstić information content (AvgIpc) is 2.61. The molecule has 0 saturated heterocycles. The largest absolute Gasteiger partial charge is 0.193 e. The molecule has 0 N–H and O–H groups in total. The number of nitriles is 1. The summed E-state index contributed by atoms with van der Waals surface area (Å²) in [5.74, 6) is 3.74. The summed E-state index contributed by atoms with van der Waals surface area (Å²) in [7, 11) is 0. The highest BCUT2D eigenvalue weighted by atomic mass is 14.4. The molecule has 0 radical (unpaired) electrons. The molecule has 0 aromatic heterocycles. The molecule has 0 aromatic carbocycles. The lowest BCUT2D eigenvalue weighted by Crippen LogP contribution is -2.25. The van der Waals surface area contributed by atoms with E-state index < -0.39 is 0 Å². The molecule has 2 rings (SSSR count).